The average molecular weight is 406 g/mol. The molecule has 30 heavy (non-hydrogen) atoms. The first-order valence-corrected chi connectivity index (χ1v) is 9.26. The molecule has 0 bridgehead atoms. The number of urea groups is 1. The van der Waals surface area contributed by atoms with Crippen molar-refractivity contribution >= 4 is 29.6 Å². The number of amides is 4. The van der Waals surface area contributed by atoms with Gasteiger partial charge in [0.25, 0.3) is 11.8 Å². The number of hydrogen-bond acceptors (Lipinski definition) is 5. The molecular formula is C23H22N2O5. The predicted molar refractivity (Wildman–Crippen MR) is 113 cm³/mol. The first-order valence-electron chi connectivity index (χ1n) is 9.26. The molecule has 2 aromatic rings. The van der Waals surface area contributed by atoms with Crippen LogP contribution < -0.4 is 15.0 Å². The SMILES string of the molecule is C=CCc1cc(/C=C2\C(=O)NC(=O)N(c3ccc(C)c(C)c3)C2=O)cc(OC)c1O. The van der Waals surface area contributed by atoms with E-state index in [-0.39, 0.29) is 17.1 Å². The smallest absolute Gasteiger partial charge is 0.335 e. The zero-order valence-corrected chi connectivity index (χ0v) is 17.0. The van der Waals surface area contributed by atoms with Crippen molar-refractivity contribution in [2.45, 2.75) is 20.3 Å². The summed E-state index contributed by atoms with van der Waals surface area (Å²) in [5.41, 5.74) is 3.09. The van der Waals surface area contributed by atoms with Crippen molar-refractivity contribution in [3.8, 4) is 11.5 Å². The van der Waals surface area contributed by atoms with Gasteiger partial charge in [-0.3, -0.25) is 14.9 Å². The molecule has 1 aliphatic rings. The van der Waals surface area contributed by atoms with E-state index in [0.29, 0.717) is 23.2 Å². The Morgan fingerprint density at radius 2 is 1.87 bits per heavy atom. The van der Waals surface area contributed by atoms with Gasteiger partial charge in [-0.2, -0.15) is 0 Å². The highest BCUT2D eigenvalue weighted by Crippen LogP contribution is 2.33. The highest BCUT2D eigenvalue weighted by atomic mass is 16.5. The van der Waals surface area contributed by atoms with E-state index in [0.717, 1.165) is 16.0 Å². The Hall–Kier alpha value is -3.87. The normalized spacial score (nSPS) is 15.4. The molecule has 4 amide bonds. The third kappa shape index (κ3) is 3.82. The van der Waals surface area contributed by atoms with Gasteiger partial charge in [0.1, 0.15) is 5.57 Å². The molecule has 7 heteroatoms. The van der Waals surface area contributed by atoms with Gasteiger partial charge in [0.05, 0.1) is 12.8 Å². The van der Waals surface area contributed by atoms with Crippen LogP contribution >= 0.6 is 0 Å². The number of aromatic hydroxyl groups is 1. The van der Waals surface area contributed by atoms with Gasteiger partial charge in [-0.1, -0.05) is 12.1 Å². The zero-order valence-electron chi connectivity index (χ0n) is 17.0. The summed E-state index contributed by atoms with van der Waals surface area (Å²) in [4.78, 5) is 38.8. The minimum absolute atomic E-state index is 0.0362. The van der Waals surface area contributed by atoms with Crippen LogP contribution in [0.15, 0.2) is 48.6 Å². The van der Waals surface area contributed by atoms with Crippen LogP contribution in [0.3, 0.4) is 0 Å². The number of methoxy groups -OCH3 is 1. The molecule has 1 fully saturated rings. The number of phenols is 1. The zero-order chi connectivity index (χ0) is 22.0. The number of imide groups is 2. The second kappa shape index (κ2) is 8.24. The molecule has 1 heterocycles. The summed E-state index contributed by atoms with van der Waals surface area (Å²) in [6, 6.07) is 7.50. The van der Waals surface area contributed by atoms with E-state index < -0.39 is 17.8 Å². The van der Waals surface area contributed by atoms with Crippen LogP contribution in [0.1, 0.15) is 22.3 Å². The molecule has 1 aliphatic heterocycles. The Bertz CT molecular complexity index is 1100. The number of benzene rings is 2. The quantitative estimate of drug-likeness (QED) is 0.451. The fraction of sp³-hybridized carbons (Fsp3) is 0.174. The van der Waals surface area contributed by atoms with Crippen molar-refractivity contribution in [2.75, 3.05) is 12.0 Å². The van der Waals surface area contributed by atoms with Crippen LogP contribution in [0.25, 0.3) is 6.08 Å². The van der Waals surface area contributed by atoms with E-state index in [1.165, 1.54) is 19.3 Å². The molecule has 7 nitrogen and oxygen atoms in total. The predicted octanol–water partition coefficient (Wildman–Crippen LogP) is 3.41. The third-order valence-corrected chi connectivity index (χ3v) is 4.92. The lowest BCUT2D eigenvalue weighted by atomic mass is 10.0. The molecule has 154 valence electrons. The molecule has 0 radical (unpaired) electrons. The van der Waals surface area contributed by atoms with E-state index in [2.05, 4.69) is 11.9 Å². The minimum atomic E-state index is -0.805. The molecule has 0 atom stereocenters. The van der Waals surface area contributed by atoms with Crippen molar-refractivity contribution in [3.05, 3.63) is 70.8 Å². The van der Waals surface area contributed by atoms with E-state index in [4.69, 9.17) is 4.74 Å². The summed E-state index contributed by atoms with van der Waals surface area (Å²) in [5.74, 6) is -1.36. The molecule has 2 aromatic carbocycles. The summed E-state index contributed by atoms with van der Waals surface area (Å²) in [6.07, 6.45) is 3.35. The maximum absolute atomic E-state index is 13.1. The second-order valence-corrected chi connectivity index (χ2v) is 6.95. The lowest BCUT2D eigenvalue weighted by molar-refractivity contribution is -0.122. The minimum Gasteiger partial charge on any atom is -0.504 e. The van der Waals surface area contributed by atoms with E-state index in [1.54, 1.807) is 30.3 Å². The van der Waals surface area contributed by atoms with Crippen molar-refractivity contribution in [2.24, 2.45) is 0 Å². The van der Waals surface area contributed by atoms with Gasteiger partial charge in [-0.15, -0.1) is 6.58 Å². The van der Waals surface area contributed by atoms with Gasteiger partial charge in [-0.25, -0.2) is 9.69 Å². The van der Waals surface area contributed by atoms with Crippen LogP contribution in [-0.4, -0.2) is 30.1 Å². The lowest BCUT2D eigenvalue weighted by Crippen LogP contribution is -2.54. The number of nitrogens with zero attached hydrogens (tertiary/aromatic N) is 1. The number of aryl methyl sites for hydroxylation is 2. The maximum Gasteiger partial charge on any atom is 0.335 e. The van der Waals surface area contributed by atoms with Crippen molar-refractivity contribution in [3.63, 3.8) is 0 Å². The van der Waals surface area contributed by atoms with Gasteiger partial charge >= 0.3 is 6.03 Å². The summed E-state index contributed by atoms with van der Waals surface area (Å²) >= 11 is 0. The number of anilines is 1. The Morgan fingerprint density at radius 3 is 2.50 bits per heavy atom. The number of carbonyl (C=O) groups excluding carboxylic acids is 3. The summed E-state index contributed by atoms with van der Waals surface area (Å²) < 4.78 is 5.18. The number of ether oxygens (including phenoxy) is 1. The molecule has 0 spiro atoms. The van der Waals surface area contributed by atoms with Gasteiger partial charge in [0.15, 0.2) is 11.5 Å². The number of barbiturate groups is 1. The van der Waals surface area contributed by atoms with Crippen molar-refractivity contribution in [1.82, 2.24) is 5.32 Å². The summed E-state index contributed by atoms with van der Waals surface area (Å²) in [6.45, 7) is 7.45. The molecule has 1 saturated heterocycles. The highest BCUT2D eigenvalue weighted by Gasteiger charge is 2.37. The van der Waals surface area contributed by atoms with Gasteiger partial charge in [0.2, 0.25) is 0 Å². The van der Waals surface area contributed by atoms with Crippen molar-refractivity contribution < 1.29 is 24.2 Å². The molecule has 0 aliphatic carbocycles. The van der Waals surface area contributed by atoms with Gasteiger partial charge in [-0.05, 0) is 67.3 Å². The second-order valence-electron chi connectivity index (χ2n) is 6.95. The lowest BCUT2D eigenvalue weighted by Gasteiger charge is -2.27. The summed E-state index contributed by atoms with van der Waals surface area (Å²) in [5, 5.41) is 12.4. The fourth-order valence-corrected chi connectivity index (χ4v) is 3.16. The molecule has 0 unspecified atom stereocenters. The topological polar surface area (TPSA) is 95.9 Å². The number of hydrogen-bond donors (Lipinski definition) is 2. The first-order chi connectivity index (χ1) is 14.3. The monoisotopic (exact) mass is 406 g/mol. The molecule has 0 aromatic heterocycles. The Balaban J connectivity index is 2.07. The largest absolute Gasteiger partial charge is 0.504 e. The van der Waals surface area contributed by atoms with Crippen LogP contribution in [0, 0.1) is 13.8 Å². The Labute approximate surface area is 174 Å². The van der Waals surface area contributed by atoms with Crippen molar-refractivity contribution in [1.29, 1.82) is 0 Å². The number of allylic oxidation sites excluding steroid dienone is 1. The molecule has 0 saturated carbocycles. The van der Waals surface area contributed by atoms with Crippen LogP contribution in [0.5, 0.6) is 11.5 Å². The van der Waals surface area contributed by atoms with E-state index in [9.17, 15) is 19.5 Å². The van der Waals surface area contributed by atoms with Crippen LogP contribution in [0.4, 0.5) is 10.5 Å². The van der Waals surface area contributed by atoms with Gasteiger partial charge < -0.3 is 9.84 Å². The summed E-state index contributed by atoms with van der Waals surface area (Å²) in [7, 11) is 1.41. The highest BCUT2D eigenvalue weighted by molar-refractivity contribution is 6.39. The Kier molecular flexibility index (Phi) is 5.73. The first kappa shape index (κ1) is 20.9. The average Bonchev–Trinajstić information content (AvgIpc) is 2.70. The molecular weight excluding hydrogens is 384 g/mol. The molecule has 3 rings (SSSR count). The number of nitrogens with one attached hydrogen (secondary N) is 1. The number of carbonyl (C=O) groups is 3. The third-order valence-electron chi connectivity index (χ3n) is 4.92. The number of phenolic OH excluding ortho intramolecular Hbond substituents is 1. The van der Waals surface area contributed by atoms with Crippen LogP contribution in [-0.2, 0) is 16.0 Å². The number of rotatable bonds is 5. The van der Waals surface area contributed by atoms with E-state index >= 15 is 0 Å². The van der Waals surface area contributed by atoms with Gasteiger partial charge in [0, 0.05) is 5.56 Å². The van der Waals surface area contributed by atoms with E-state index in [1.807, 2.05) is 13.8 Å². The molecule has 2 N–H and O–H groups in total. The fourth-order valence-electron chi connectivity index (χ4n) is 3.16. The Morgan fingerprint density at radius 1 is 1.13 bits per heavy atom. The standard InChI is InChI=1S/C23H22N2O5/c1-5-6-16-10-15(12-19(30-4)20(16)26)11-18-21(27)24-23(29)25(22(18)28)17-8-7-13(2)14(3)9-17/h5,7-12,26H,1,6H2,2-4H3,(H,24,27,29)/b18-11+. The van der Waals surface area contributed by atoms with Crippen LogP contribution in [0.2, 0.25) is 0 Å². The maximum atomic E-state index is 13.1.